The smallest absolute Gasteiger partial charge is 0.0889 e. The van der Waals surface area contributed by atoms with Gasteiger partial charge in [-0.25, -0.2) is 0 Å². The van der Waals surface area contributed by atoms with E-state index in [1.165, 1.54) is 55.6 Å². The fourth-order valence-electron chi connectivity index (χ4n) is 8.62. The minimum atomic E-state index is 0.885. The van der Waals surface area contributed by atoms with Crippen LogP contribution in [-0.4, -0.2) is 39.9 Å². The van der Waals surface area contributed by atoms with Crippen LogP contribution in [0, 0.1) is 55.4 Å². The van der Waals surface area contributed by atoms with E-state index in [4.69, 9.17) is 0 Å². The zero-order valence-corrected chi connectivity index (χ0v) is 46.7. The Kier molecular flexibility index (Phi) is 18.1. The first kappa shape index (κ1) is 54.9. The first-order chi connectivity index (χ1) is 38.9. The monoisotopic (exact) mass is 1040 g/mol. The molecule has 8 aromatic heterocycles. The van der Waals surface area contributed by atoms with Crippen molar-refractivity contribution in [2.24, 2.45) is 0 Å². The van der Waals surface area contributed by atoms with Gasteiger partial charge in [-0.2, -0.15) is 0 Å². The highest BCUT2D eigenvalue weighted by Gasteiger charge is 2.08. The van der Waals surface area contributed by atoms with Gasteiger partial charge in [0.2, 0.25) is 0 Å². The van der Waals surface area contributed by atoms with Crippen LogP contribution in [-0.2, 0) is 0 Å². The van der Waals surface area contributed by atoms with Crippen molar-refractivity contribution in [3.63, 3.8) is 0 Å². The molecule has 12 rings (SSSR count). The van der Waals surface area contributed by atoms with Crippen molar-refractivity contribution < 1.29 is 0 Å². The molecule has 0 fully saturated rings. The van der Waals surface area contributed by atoms with E-state index < -0.39 is 0 Å². The molecular formula is C72H64N8. The van der Waals surface area contributed by atoms with Gasteiger partial charge in [0.25, 0.3) is 0 Å². The number of pyridine rings is 8. The summed E-state index contributed by atoms with van der Waals surface area (Å²) in [4.78, 5) is 35.9. The Hall–Kier alpha value is -9.92. The maximum absolute atomic E-state index is 4.61. The molecule has 0 atom stereocenters. The Balaban J connectivity index is 0.000000135. The van der Waals surface area contributed by atoms with Gasteiger partial charge in [0.15, 0.2) is 0 Å². The van der Waals surface area contributed by atoms with Gasteiger partial charge in [0, 0.05) is 70.8 Å². The molecule has 8 heteroatoms. The molecule has 0 aliphatic rings. The number of hydrogen-bond donors (Lipinski definition) is 0. The van der Waals surface area contributed by atoms with Crippen LogP contribution in [0.1, 0.15) is 44.8 Å². The average molecular weight is 1040 g/mol. The van der Waals surface area contributed by atoms with Gasteiger partial charge < -0.3 is 0 Å². The molecule has 0 amide bonds. The molecule has 80 heavy (non-hydrogen) atoms. The summed E-state index contributed by atoms with van der Waals surface area (Å²) in [7, 11) is 0. The zero-order valence-electron chi connectivity index (χ0n) is 46.7. The van der Waals surface area contributed by atoms with Crippen LogP contribution in [0.15, 0.2) is 243 Å². The maximum Gasteiger partial charge on any atom is 0.0889 e. The van der Waals surface area contributed by atoms with Gasteiger partial charge in [-0.3, -0.25) is 39.9 Å². The van der Waals surface area contributed by atoms with E-state index in [0.717, 1.165) is 79.2 Å². The van der Waals surface area contributed by atoms with Crippen LogP contribution < -0.4 is 0 Å². The molecule has 392 valence electrons. The number of aryl methyl sites for hydroxylation is 8. The highest BCUT2D eigenvalue weighted by Crippen LogP contribution is 2.27. The summed E-state index contributed by atoms with van der Waals surface area (Å²) >= 11 is 0. The lowest BCUT2D eigenvalue weighted by molar-refractivity contribution is 1.15. The largest absolute Gasteiger partial charge is 0.254 e. The van der Waals surface area contributed by atoms with Crippen LogP contribution in [0.4, 0.5) is 0 Å². The van der Waals surface area contributed by atoms with E-state index in [1.54, 1.807) is 0 Å². The molecule has 8 nitrogen and oxygen atoms in total. The third-order valence-electron chi connectivity index (χ3n) is 13.2. The summed E-state index contributed by atoms with van der Waals surface area (Å²) in [6.07, 6.45) is 11.4. The predicted octanol–water partition coefficient (Wildman–Crippen LogP) is 17.7. The SMILES string of the molecule is Cc1ccc(-c2ccc(-c3ccc(-c4ccc(C)cc4)cn3)nc2)cc1.Cc1ccc(-c2ccc(C)cn2)nc1.Cc1cccc(-c2ccc(-c3ccc(-c4cccc(C)c4)cn3)nc2)c1.Cc1cccc(-c2cccc(C)n2)n1. The number of nitrogens with zero attached hydrogens (tertiary/aromatic N) is 8. The number of rotatable bonds is 8. The Morgan fingerprint density at radius 1 is 0.188 bits per heavy atom. The van der Waals surface area contributed by atoms with Gasteiger partial charge in [-0.1, -0.05) is 168 Å². The van der Waals surface area contributed by atoms with Gasteiger partial charge in [-0.05, 0) is 149 Å². The quantitative estimate of drug-likeness (QED) is 0.148. The molecule has 0 saturated carbocycles. The second kappa shape index (κ2) is 26.4. The number of benzene rings is 4. The van der Waals surface area contributed by atoms with Crippen molar-refractivity contribution in [1.82, 2.24) is 39.9 Å². The van der Waals surface area contributed by atoms with Crippen molar-refractivity contribution in [2.75, 3.05) is 0 Å². The topological polar surface area (TPSA) is 103 Å². The molecule has 0 aliphatic heterocycles. The Morgan fingerprint density at radius 3 is 0.738 bits per heavy atom. The van der Waals surface area contributed by atoms with E-state index >= 15 is 0 Å². The minimum Gasteiger partial charge on any atom is -0.254 e. The Labute approximate surface area is 471 Å². The molecule has 0 radical (unpaired) electrons. The molecule has 0 bridgehead atoms. The van der Waals surface area contributed by atoms with Crippen LogP contribution in [0.25, 0.3) is 90.1 Å². The Bertz CT molecular complexity index is 3640. The minimum absolute atomic E-state index is 0.885. The van der Waals surface area contributed by atoms with Crippen LogP contribution in [0.2, 0.25) is 0 Å². The van der Waals surface area contributed by atoms with Crippen LogP contribution in [0.5, 0.6) is 0 Å². The second-order valence-corrected chi connectivity index (χ2v) is 20.0. The molecule has 0 spiro atoms. The van der Waals surface area contributed by atoms with Crippen molar-refractivity contribution in [3.05, 3.63) is 288 Å². The first-order valence-electron chi connectivity index (χ1n) is 26.8. The second-order valence-electron chi connectivity index (χ2n) is 20.0. The van der Waals surface area contributed by atoms with Crippen molar-refractivity contribution in [2.45, 2.75) is 55.4 Å². The van der Waals surface area contributed by atoms with E-state index in [9.17, 15) is 0 Å². The molecule has 0 unspecified atom stereocenters. The fraction of sp³-hybridized carbons (Fsp3) is 0.111. The lowest BCUT2D eigenvalue weighted by atomic mass is 10.0. The van der Waals surface area contributed by atoms with Crippen molar-refractivity contribution in [3.8, 4) is 90.1 Å². The zero-order chi connectivity index (χ0) is 55.8. The highest BCUT2D eigenvalue weighted by atomic mass is 14.8. The summed E-state index contributed by atoms with van der Waals surface area (Å²) < 4.78 is 0. The van der Waals surface area contributed by atoms with Crippen molar-refractivity contribution in [1.29, 1.82) is 0 Å². The van der Waals surface area contributed by atoms with Crippen LogP contribution >= 0.6 is 0 Å². The van der Waals surface area contributed by atoms with Gasteiger partial charge in [0.1, 0.15) is 0 Å². The first-order valence-corrected chi connectivity index (χ1v) is 26.8. The van der Waals surface area contributed by atoms with Gasteiger partial charge >= 0.3 is 0 Å². The molecule has 0 aliphatic carbocycles. The molecule has 8 heterocycles. The number of aromatic nitrogens is 8. The molecule has 4 aromatic carbocycles. The van der Waals surface area contributed by atoms with E-state index in [0.29, 0.717) is 0 Å². The van der Waals surface area contributed by atoms with Gasteiger partial charge in [0.05, 0.1) is 45.6 Å². The van der Waals surface area contributed by atoms with E-state index in [2.05, 4.69) is 189 Å². The summed E-state index contributed by atoms with van der Waals surface area (Å²) in [5.41, 5.74) is 25.9. The van der Waals surface area contributed by atoms with Gasteiger partial charge in [-0.15, -0.1) is 0 Å². The summed E-state index contributed by atoms with van der Waals surface area (Å²) in [5.74, 6) is 0. The fourth-order valence-corrected chi connectivity index (χ4v) is 8.62. The molecule has 0 N–H and O–H groups in total. The lowest BCUT2D eigenvalue weighted by Crippen LogP contribution is -1.90. The summed E-state index contributed by atoms with van der Waals surface area (Å²) in [5, 5.41) is 0. The Morgan fingerprint density at radius 2 is 0.463 bits per heavy atom. The third kappa shape index (κ3) is 15.2. The van der Waals surface area contributed by atoms with E-state index in [1.807, 2.05) is 150 Å². The van der Waals surface area contributed by atoms with E-state index in [-0.39, 0.29) is 0 Å². The molecule has 12 aromatic rings. The maximum atomic E-state index is 4.61. The summed E-state index contributed by atoms with van der Waals surface area (Å²) in [6, 6.07) is 70.4. The van der Waals surface area contributed by atoms with Crippen molar-refractivity contribution >= 4 is 0 Å². The average Bonchev–Trinajstić information content (AvgIpc) is 3.54. The number of hydrogen-bond acceptors (Lipinski definition) is 8. The van der Waals surface area contributed by atoms with Crippen LogP contribution in [0.3, 0.4) is 0 Å². The lowest BCUT2D eigenvalue weighted by Gasteiger charge is -2.06. The molecular weight excluding hydrogens is 977 g/mol. The highest BCUT2D eigenvalue weighted by molar-refractivity contribution is 5.70. The predicted molar refractivity (Wildman–Crippen MR) is 330 cm³/mol. The normalized spacial score (nSPS) is 10.5. The third-order valence-corrected chi connectivity index (χ3v) is 13.2. The molecule has 0 saturated heterocycles. The summed E-state index contributed by atoms with van der Waals surface area (Å²) in [6.45, 7) is 16.4. The standard InChI is InChI=1S/2C24H20N2.2C12H12N2/c1-17-3-7-19(8-4-17)21-11-13-23(25-15-21)24-14-12-22(16-26-24)20-9-5-18(2)6-10-20;1-17-5-3-7-19(13-17)21-9-11-23(25-15-21)24-12-10-22(16-26-24)20-8-4-6-18(2)14-20;1-9-3-5-11(13-7-9)12-6-4-10(2)8-14-12;1-9-5-3-7-11(13-9)12-8-4-6-10(2)14-12/h2*3-16H,1-2H3;2*3-8H,1-2H3.